The predicted octanol–water partition coefficient (Wildman–Crippen LogP) is 3.91. The molecular formula is C26H30ClN3O4. The van der Waals surface area contributed by atoms with Crippen molar-refractivity contribution in [1.82, 2.24) is 15.1 Å². The average molecular weight is 484 g/mol. The Labute approximate surface area is 205 Å². The number of carbonyl (C=O) groups excluding carboxylic acids is 4. The minimum Gasteiger partial charge on any atom is -0.354 e. The fraction of sp³-hybridized carbons (Fsp3) is 0.385. The number of hydrogen-bond donors (Lipinski definition) is 1. The number of halogens is 1. The van der Waals surface area contributed by atoms with Gasteiger partial charge in [0.05, 0.1) is 11.1 Å². The predicted molar refractivity (Wildman–Crippen MR) is 130 cm³/mol. The molecule has 0 spiro atoms. The van der Waals surface area contributed by atoms with E-state index >= 15 is 0 Å². The molecule has 0 saturated heterocycles. The molecule has 1 atom stereocenters. The molecule has 2 aromatic rings. The van der Waals surface area contributed by atoms with Gasteiger partial charge in [-0.15, -0.1) is 0 Å². The summed E-state index contributed by atoms with van der Waals surface area (Å²) < 4.78 is 0. The van der Waals surface area contributed by atoms with Crippen molar-refractivity contribution in [2.45, 2.75) is 46.2 Å². The van der Waals surface area contributed by atoms with Crippen LogP contribution in [0, 0.1) is 5.92 Å². The molecule has 2 aromatic carbocycles. The van der Waals surface area contributed by atoms with Gasteiger partial charge in [-0.25, -0.2) is 0 Å². The summed E-state index contributed by atoms with van der Waals surface area (Å²) in [4.78, 5) is 53.7. The van der Waals surface area contributed by atoms with E-state index < -0.39 is 6.04 Å². The van der Waals surface area contributed by atoms with Crippen LogP contribution in [0.5, 0.6) is 0 Å². The van der Waals surface area contributed by atoms with Crippen LogP contribution in [-0.2, 0) is 16.1 Å². The summed E-state index contributed by atoms with van der Waals surface area (Å²) in [5.41, 5.74) is 1.62. The third-order valence-corrected chi connectivity index (χ3v) is 6.02. The van der Waals surface area contributed by atoms with Crippen LogP contribution >= 0.6 is 11.6 Å². The van der Waals surface area contributed by atoms with E-state index in [4.69, 9.17) is 11.6 Å². The maximum absolute atomic E-state index is 13.2. The van der Waals surface area contributed by atoms with Gasteiger partial charge in [0.2, 0.25) is 11.8 Å². The molecule has 3 rings (SSSR count). The summed E-state index contributed by atoms with van der Waals surface area (Å²) in [5.74, 6) is -0.841. The van der Waals surface area contributed by atoms with Crippen LogP contribution in [-0.4, -0.2) is 52.6 Å². The smallest absolute Gasteiger partial charge is 0.261 e. The molecule has 0 unspecified atom stereocenters. The molecule has 180 valence electrons. The largest absolute Gasteiger partial charge is 0.354 e. The Hall–Kier alpha value is -3.19. The first-order valence-corrected chi connectivity index (χ1v) is 11.8. The van der Waals surface area contributed by atoms with Crippen LogP contribution in [0.2, 0.25) is 5.02 Å². The SMILES string of the molecule is CC(C)CNC(=O)[C@@H](C)N(Cc1ccc(Cl)cc1)C(=O)CCCN1C(=O)c2ccccc2C1=O. The first kappa shape index (κ1) is 25.4. The Bertz CT molecular complexity index is 1030. The second-order valence-corrected chi connectivity index (χ2v) is 9.31. The highest BCUT2D eigenvalue weighted by atomic mass is 35.5. The fourth-order valence-corrected chi connectivity index (χ4v) is 3.92. The molecule has 4 amide bonds. The van der Waals surface area contributed by atoms with Crippen LogP contribution in [0.25, 0.3) is 0 Å². The average Bonchev–Trinajstić information content (AvgIpc) is 3.06. The maximum atomic E-state index is 13.2. The first-order chi connectivity index (χ1) is 16.2. The second-order valence-electron chi connectivity index (χ2n) is 8.87. The summed E-state index contributed by atoms with van der Waals surface area (Å²) in [7, 11) is 0. The van der Waals surface area contributed by atoms with E-state index in [2.05, 4.69) is 5.32 Å². The Kier molecular flexibility index (Phi) is 8.45. The van der Waals surface area contributed by atoms with Gasteiger partial charge in [0, 0.05) is 31.1 Å². The van der Waals surface area contributed by atoms with Gasteiger partial charge in [-0.05, 0) is 49.1 Å². The highest BCUT2D eigenvalue weighted by Gasteiger charge is 2.35. The molecule has 0 aromatic heterocycles. The topological polar surface area (TPSA) is 86.8 Å². The lowest BCUT2D eigenvalue weighted by molar-refractivity contribution is -0.140. The fourth-order valence-electron chi connectivity index (χ4n) is 3.80. The van der Waals surface area contributed by atoms with Crippen molar-refractivity contribution in [2.75, 3.05) is 13.1 Å². The van der Waals surface area contributed by atoms with Crippen LogP contribution in [0.3, 0.4) is 0 Å². The van der Waals surface area contributed by atoms with Gasteiger partial charge in [0.25, 0.3) is 11.8 Å². The molecule has 0 bridgehead atoms. The van der Waals surface area contributed by atoms with E-state index in [1.807, 2.05) is 26.0 Å². The van der Waals surface area contributed by atoms with Gasteiger partial charge >= 0.3 is 0 Å². The summed E-state index contributed by atoms with van der Waals surface area (Å²) in [6, 6.07) is 13.1. The quantitative estimate of drug-likeness (QED) is 0.519. The van der Waals surface area contributed by atoms with Crippen molar-refractivity contribution >= 4 is 35.2 Å². The van der Waals surface area contributed by atoms with Crippen LogP contribution in [0.4, 0.5) is 0 Å². The molecular weight excluding hydrogens is 454 g/mol. The molecule has 8 heteroatoms. The van der Waals surface area contributed by atoms with Gasteiger partial charge in [-0.1, -0.05) is 49.7 Å². The van der Waals surface area contributed by atoms with Crippen molar-refractivity contribution in [1.29, 1.82) is 0 Å². The molecule has 1 aliphatic heterocycles. The summed E-state index contributed by atoms with van der Waals surface area (Å²) >= 11 is 5.98. The van der Waals surface area contributed by atoms with E-state index in [9.17, 15) is 19.2 Å². The van der Waals surface area contributed by atoms with Crippen molar-refractivity contribution < 1.29 is 19.2 Å². The van der Waals surface area contributed by atoms with Crippen molar-refractivity contribution in [2.24, 2.45) is 5.92 Å². The van der Waals surface area contributed by atoms with E-state index in [1.165, 1.54) is 9.80 Å². The summed E-state index contributed by atoms with van der Waals surface area (Å²) in [6.45, 7) is 6.61. The number of hydrogen-bond acceptors (Lipinski definition) is 4. The Balaban J connectivity index is 1.66. The third-order valence-electron chi connectivity index (χ3n) is 5.77. The second kappa shape index (κ2) is 11.3. The highest BCUT2D eigenvalue weighted by Crippen LogP contribution is 2.23. The van der Waals surface area contributed by atoms with Gasteiger partial charge in [0.1, 0.15) is 6.04 Å². The molecule has 34 heavy (non-hydrogen) atoms. The lowest BCUT2D eigenvalue weighted by Crippen LogP contribution is -2.48. The number of benzene rings is 2. The lowest BCUT2D eigenvalue weighted by Gasteiger charge is -2.29. The normalized spacial score (nSPS) is 13.7. The van der Waals surface area contributed by atoms with Gasteiger partial charge in [-0.3, -0.25) is 24.1 Å². The summed E-state index contributed by atoms with van der Waals surface area (Å²) in [6.07, 6.45) is 0.407. The van der Waals surface area contributed by atoms with Crippen LogP contribution < -0.4 is 5.32 Å². The van der Waals surface area contributed by atoms with E-state index in [1.54, 1.807) is 43.3 Å². The van der Waals surface area contributed by atoms with Gasteiger partial charge in [-0.2, -0.15) is 0 Å². The van der Waals surface area contributed by atoms with E-state index in [-0.39, 0.29) is 49.1 Å². The highest BCUT2D eigenvalue weighted by molar-refractivity contribution is 6.30. The summed E-state index contributed by atoms with van der Waals surface area (Å²) in [5, 5.41) is 3.47. The first-order valence-electron chi connectivity index (χ1n) is 11.5. The number of carbonyl (C=O) groups is 4. The number of imide groups is 1. The standard InChI is InChI=1S/C26H30ClN3O4/c1-17(2)15-28-24(32)18(3)30(16-19-10-12-20(27)13-11-19)23(31)9-6-14-29-25(33)21-7-4-5-8-22(21)26(29)34/h4-5,7-8,10-13,17-18H,6,9,14-16H2,1-3H3,(H,28,32)/t18-/m1/s1. The maximum Gasteiger partial charge on any atom is 0.261 e. The minimum atomic E-state index is -0.679. The number of fused-ring (bicyclic) bond motifs is 1. The van der Waals surface area contributed by atoms with E-state index in [0.29, 0.717) is 29.1 Å². The van der Waals surface area contributed by atoms with Crippen molar-refractivity contribution in [3.8, 4) is 0 Å². The monoisotopic (exact) mass is 483 g/mol. The number of nitrogens with one attached hydrogen (secondary N) is 1. The van der Waals surface area contributed by atoms with Crippen LogP contribution in [0.1, 0.15) is 59.9 Å². The molecule has 7 nitrogen and oxygen atoms in total. The van der Waals surface area contributed by atoms with Gasteiger partial charge < -0.3 is 10.2 Å². The zero-order valence-electron chi connectivity index (χ0n) is 19.7. The molecule has 1 heterocycles. The molecule has 1 N–H and O–H groups in total. The zero-order chi connectivity index (χ0) is 24.8. The molecule has 0 aliphatic carbocycles. The Morgan fingerprint density at radius 1 is 0.971 bits per heavy atom. The molecule has 0 saturated carbocycles. The van der Waals surface area contributed by atoms with Crippen molar-refractivity contribution in [3.63, 3.8) is 0 Å². The molecule has 0 radical (unpaired) electrons. The van der Waals surface area contributed by atoms with E-state index in [0.717, 1.165) is 5.56 Å². The number of rotatable bonds is 10. The minimum absolute atomic E-state index is 0.1000. The Morgan fingerprint density at radius 3 is 2.12 bits per heavy atom. The molecule has 0 fully saturated rings. The Morgan fingerprint density at radius 2 is 1.56 bits per heavy atom. The zero-order valence-corrected chi connectivity index (χ0v) is 20.5. The van der Waals surface area contributed by atoms with Crippen LogP contribution in [0.15, 0.2) is 48.5 Å². The van der Waals surface area contributed by atoms with Gasteiger partial charge in [0.15, 0.2) is 0 Å². The van der Waals surface area contributed by atoms with Crippen molar-refractivity contribution in [3.05, 3.63) is 70.2 Å². The lowest BCUT2D eigenvalue weighted by atomic mass is 10.1. The molecule has 1 aliphatic rings. The number of nitrogens with zero attached hydrogens (tertiary/aromatic N) is 2. The number of amides is 4. The third kappa shape index (κ3) is 6.03.